The Bertz CT molecular complexity index is 121. The van der Waals surface area contributed by atoms with Crippen LogP contribution in [0.15, 0.2) is 0 Å². The zero-order valence-corrected chi connectivity index (χ0v) is 4.22. The quantitative estimate of drug-likeness (QED) is 0.129. The van der Waals surface area contributed by atoms with E-state index in [4.69, 9.17) is 17.2 Å². The molecule has 0 saturated heterocycles. The van der Waals surface area contributed by atoms with E-state index in [1.54, 1.807) is 0 Å². The maximum atomic E-state index is 5.00. The monoisotopic (exact) mass is 116 g/mol. The number of hydrogen-bond donors (Lipinski definition) is 4. The van der Waals surface area contributed by atoms with Gasteiger partial charge in [0.25, 0.3) is 5.85 Å². The van der Waals surface area contributed by atoms with E-state index in [0.29, 0.717) is 0 Å². The summed E-state index contributed by atoms with van der Waals surface area (Å²) in [5.41, 5.74) is 14.7. The van der Waals surface area contributed by atoms with Gasteiger partial charge in [0.15, 0.2) is 0 Å². The van der Waals surface area contributed by atoms with Crippen LogP contribution in [0.3, 0.4) is 0 Å². The SMILES string of the molecule is NC#CC(N)(N)ON. The summed E-state index contributed by atoms with van der Waals surface area (Å²) < 4.78 is 0. The summed E-state index contributed by atoms with van der Waals surface area (Å²) in [6.07, 6.45) is 0. The van der Waals surface area contributed by atoms with E-state index in [1.165, 1.54) is 0 Å². The lowest BCUT2D eigenvalue weighted by Gasteiger charge is -2.11. The predicted molar refractivity (Wildman–Crippen MR) is 28.3 cm³/mol. The number of hydrogen-bond acceptors (Lipinski definition) is 5. The van der Waals surface area contributed by atoms with Crippen molar-refractivity contribution >= 4 is 0 Å². The predicted octanol–water partition coefficient (Wildman–Crippen LogP) is -2.63. The van der Waals surface area contributed by atoms with Gasteiger partial charge in [0.2, 0.25) is 0 Å². The van der Waals surface area contributed by atoms with Gasteiger partial charge in [-0.25, -0.2) is 5.90 Å². The van der Waals surface area contributed by atoms with Gasteiger partial charge in [-0.05, 0) is 5.92 Å². The third-order valence-corrected chi connectivity index (χ3v) is 0.463. The van der Waals surface area contributed by atoms with E-state index in [2.05, 4.69) is 16.7 Å². The highest BCUT2D eigenvalue weighted by Crippen LogP contribution is 1.80. The molecule has 0 aromatic heterocycles. The molecule has 0 aromatic carbocycles. The second kappa shape index (κ2) is 2.49. The van der Waals surface area contributed by atoms with Crippen molar-refractivity contribution in [3.63, 3.8) is 0 Å². The molecule has 0 spiro atoms. The highest BCUT2D eigenvalue weighted by Gasteiger charge is 2.12. The summed E-state index contributed by atoms with van der Waals surface area (Å²) >= 11 is 0. The Morgan fingerprint density at radius 1 is 1.38 bits per heavy atom. The summed E-state index contributed by atoms with van der Waals surface area (Å²) in [6, 6.07) is 1.95. The van der Waals surface area contributed by atoms with Crippen LogP contribution in [0.25, 0.3) is 0 Å². The average Bonchev–Trinajstić information content (AvgIpc) is 1.67. The first-order valence-corrected chi connectivity index (χ1v) is 1.81. The molecule has 0 saturated carbocycles. The molecule has 46 valence electrons. The van der Waals surface area contributed by atoms with Crippen LogP contribution in [0.1, 0.15) is 0 Å². The molecule has 0 aliphatic heterocycles. The van der Waals surface area contributed by atoms with Gasteiger partial charge in [-0.1, -0.05) is 0 Å². The topological polar surface area (TPSA) is 113 Å². The van der Waals surface area contributed by atoms with Crippen LogP contribution >= 0.6 is 0 Å². The van der Waals surface area contributed by atoms with Gasteiger partial charge in [-0.3, -0.25) is 16.3 Å². The van der Waals surface area contributed by atoms with Crippen LogP contribution in [-0.2, 0) is 4.84 Å². The molecular weight excluding hydrogens is 108 g/mol. The third-order valence-electron chi connectivity index (χ3n) is 0.463. The highest BCUT2D eigenvalue weighted by molar-refractivity contribution is 5.06. The second-order valence-electron chi connectivity index (χ2n) is 1.18. The average molecular weight is 116 g/mol. The van der Waals surface area contributed by atoms with Gasteiger partial charge in [-0.2, -0.15) is 0 Å². The second-order valence-corrected chi connectivity index (χ2v) is 1.18. The summed E-state index contributed by atoms with van der Waals surface area (Å²) in [5.74, 6) is 5.08. The summed E-state index contributed by atoms with van der Waals surface area (Å²) in [5, 5.41) is 0. The minimum atomic E-state index is -1.62. The molecule has 0 aliphatic rings. The molecule has 0 rings (SSSR count). The fraction of sp³-hybridized carbons (Fsp3) is 0.333. The Morgan fingerprint density at radius 2 is 1.88 bits per heavy atom. The Kier molecular flexibility index (Phi) is 2.24. The van der Waals surface area contributed by atoms with Crippen molar-refractivity contribution in [2.24, 2.45) is 23.1 Å². The fourth-order valence-corrected chi connectivity index (χ4v) is 0.142. The molecule has 8 heavy (non-hydrogen) atoms. The maximum Gasteiger partial charge on any atom is 0.255 e. The van der Waals surface area contributed by atoms with Crippen LogP contribution in [-0.4, -0.2) is 5.85 Å². The van der Waals surface area contributed by atoms with Gasteiger partial charge in [0.1, 0.15) is 0 Å². The molecule has 5 nitrogen and oxygen atoms in total. The van der Waals surface area contributed by atoms with Gasteiger partial charge >= 0.3 is 0 Å². The molecule has 0 unspecified atom stereocenters. The van der Waals surface area contributed by atoms with Crippen LogP contribution in [0.4, 0.5) is 0 Å². The summed E-state index contributed by atoms with van der Waals surface area (Å²) in [4.78, 5) is 3.98. The molecule has 0 bridgehead atoms. The van der Waals surface area contributed by atoms with E-state index in [0.717, 1.165) is 0 Å². The molecule has 5 heteroatoms. The summed E-state index contributed by atoms with van der Waals surface area (Å²) in [7, 11) is 0. The van der Waals surface area contributed by atoms with Crippen LogP contribution in [0.5, 0.6) is 0 Å². The lowest BCUT2D eigenvalue weighted by molar-refractivity contribution is 0.00725. The standard InChI is InChI=1S/C3H8N4O/c4-2-1-3(5,6)8-7/h4-7H2. The van der Waals surface area contributed by atoms with Crippen molar-refractivity contribution in [1.82, 2.24) is 0 Å². The first-order valence-electron chi connectivity index (χ1n) is 1.81. The number of rotatable bonds is 1. The number of nitrogens with two attached hydrogens (primary N) is 4. The van der Waals surface area contributed by atoms with Gasteiger partial charge in [-0.15, -0.1) is 0 Å². The van der Waals surface area contributed by atoms with Gasteiger partial charge in [0.05, 0.1) is 0 Å². The van der Waals surface area contributed by atoms with E-state index >= 15 is 0 Å². The molecule has 0 fully saturated rings. The van der Waals surface area contributed by atoms with E-state index in [9.17, 15) is 0 Å². The smallest absolute Gasteiger partial charge is 0.255 e. The zero-order chi connectivity index (χ0) is 6.62. The minimum Gasteiger partial charge on any atom is -0.359 e. The lowest BCUT2D eigenvalue weighted by Crippen LogP contribution is -2.52. The van der Waals surface area contributed by atoms with Crippen molar-refractivity contribution in [3.05, 3.63) is 0 Å². The van der Waals surface area contributed by atoms with Gasteiger partial charge < -0.3 is 5.73 Å². The third kappa shape index (κ3) is 2.39. The van der Waals surface area contributed by atoms with Crippen molar-refractivity contribution in [3.8, 4) is 12.0 Å². The molecule has 8 N–H and O–H groups in total. The van der Waals surface area contributed by atoms with Crippen molar-refractivity contribution in [2.45, 2.75) is 5.85 Å². The Hall–Kier alpha value is -0.800. The Balaban J connectivity index is 3.85. The fourth-order valence-electron chi connectivity index (χ4n) is 0.142. The molecule has 0 aromatic rings. The molecule has 0 amide bonds. The Morgan fingerprint density at radius 3 is 2.00 bits per heavy atom. The molecule has 0 radical (unpaired) electrons. The minimum absolute atomic E-state index is 1.62. The van der Waals surface area contributed by atoms with Crippen molar-refractivity contribution < 1.29 is 4.84 Å². The van der Waals surface area contributed by atoms with E-state index in [1.807, 2.05) is 6.04 Å². The van der Waals surface area contributed by atoms with Crippen molar-refractivity contribution in [1.29, 1.82) is 0 Å². The normalized spacial score (nSPS) is 9.88. The van der Waals surface area contributed by atoms with E-state index < -0.39 is 5.85 Å². The van der Waals surface area contributed by atoms with E-state index in [-0.39, 0.29) is 0 Å². The largest absolute Gasteiger partial charge is 0.359 e. The lowest BCUT2D eigenvalue weighted by atomic mass is 10.5. The maximum absolute atomic E-state index is 5.00. The zero-order valence-electron chi connectivity index (χ0n) is 4.22. The van der Waals surface area contributed by atoms with Crippen molar-refractivity contribution in [2.75, 3.05) is 0 Å². The molecule has 0 atom stereocenters. The van der Waals surface area contributed by atoms with Crippen LogP contribution < -0.4 is 23.1 Å². The Labute approximate surface area is 46.9 Å². The molecule has 0 heterocycles. The highest BCUT2D eigenvalue weighted by atomic mass is 16.7. The molecular formula is C3H8N4O. The van der Waals surface area contributed by atoms with Crippen LogP contribution in [0, 0.1) is 12.0 Å². The van der Waals surface area contributed by atoms with Gasteiger partial charge in [0, 0.05) is 6.04 Å². The first-order chi connectivity index (χ1) is 3.62. The first kappa shape index (κ1) is 7.20. The summed E-state index contributed by atoms with van der Waals surface area (Å²) in [6.45, 7) is 0. The molecule has 0 aliphatic carbocycles. The van der Waals surface area contributed by atoms with Crippen LogP contribution in [0.2, 0.25) is 0 Å².